The minimum atomic E-state index is -0.270. The lowest BCUT2D eigenvalue weighted by Crippen LogP contribution is -2.21. The zero-order chi connectivity index (χ0) is 20.0. The zero-order valence-corrected chi connectivity index (χ0v) is 15.3. The molecule has 4 heterocycles. The van der Waals surface area contributed by atoms with Gasteiger partial charge in [0.2, 0.25) is 5.95 Å². The molecule has 0 spiro atoms. The number of hydrogen-bond acceptors (Lipinski definition) is 5. The summed E-state index contributed by atoms with van der Waals surface area (Å²) in [7, 11) is 0. The molecular weight excluding hydrogens is 368 g/mol. The van der Waals surface area contributed by atoms with Gasteiger partial charge in [-0.05, 0) is 30.7 Å². The van der Waals surface area contributed by atoms with Gasteiger partial charge in [0.1, 0.15) is 11.8 Å². The van der Waals surface area contributed by atoms with Crippen molar-refractivity contribution in [1.82, 2.24) is 34.1 Å². The number of hydrogen-bond donors (Lipinski definition) is 1. The topological polar surface area (TPSA) is 98.6 Å². The standard InChI is InChI=1S/C20H14N8O/c1-12(13-4-3-7-22-9-13)28-18-16(25-20(28)29)10-23-19(26-18)27-11-24-15-6-5-14(21-2)8-17(15)27/h3-12H,1H3,(H,25,29). The van der Waals surface area contributed by atoms with Crippen LogP contribution in [0.15, 0.2) is 60.0 Å². The van der Waals surface area contributed by atoms with Crippen molar-refractivity contribution in [3.8, 4) is 5.95 Å². The summed E-state index contributed by atoms with van der Waals surface area (Å²) < 4.78 is 3.29. The number of aromatic amines is 1. The van der Waals surface area contributed by atoms with Gasteiger partial charge in [-0.15, -0.1) is 0 Å². The summed E-state index contributed by atoms with van der Waals surface area (Å²) in [5.41, 5.74) is 3.61. The van der Waals surface area contributed by atoms with Crippen LogP contribution in [0.4, 0.5) is 5.69 Å². The Balaban J connectivity index is 1.70. The molecule has 0 saturated heterocycles. The van der Waals surface area contributed by atoms with Crippen LogP contribution in [0.2, 0.25) is 0 Å². The number of pyridine rings is 1. The van der Waals surface area contributed by atoms with Gasteiger partial charge >= 0.3 is 5.69 Å². The van der Waals surface area contributed by atoms with Crippen molar-refractivity contribution in [2.45, 2.75) is 13.0 Å². The summed E-state index contributed by atoms with van der Waals surface area (Å²) in [5.74, 6) is 0.369. The second kappa shape index (κ2) is 6.38. The highest BCUT2D eigenvalue weighted by molar-refractivity contribution is 5.81. The van der Waals surface area contributed by atoms with E-state index in [1.807, 2.05) is 19.1 Å². The minimum absolute atomic E-state index is 0.263. The van der Waals surface area contributed by atoms with Crippen molar-refractivity contribution in [3.63, 3.8) is 0 Å². The Kier molecular flexibility index (Phi) is 3.70. The second-order valence-electron chi connectivity index (χ2n) is 6.57. The molecule has 1 unspecified atom stereocenters. The van der Waals surface area contributed by atoms with E-state index in [0.717, 1.165) is 16.6 Å². The van der Waals surface area contributed by atoms with E-state index in [1.165, 1.54) is 0 Å². The van der Waals surface area contributed by atoms with Gasteiger partial charge in [0.05, 0.1) is 29.8 Å². The fourth-order valence-corrected chi connectivity index (χ4v) is 3.38. The fourth-order valence-electron chi connectivity index (χ4n) is 3.38. The molecule has 0 fully saturated rings. The van der Waals surface area contributed by atoms with Gasteiger partial charge in [0, 0.05) is 12.4 Å². The predicted octanol–water partition coefficient (Wildman–Crippen LogP) is 3.01. The Morgan fingerprint density at radius 2 is 2.10 bits per heavy atom. The van der Waals surface area contributed by atoms with Crippen molar-refractivity contribution in [1.29, 1.82) is 0 Å². The largest absolute Gasteiger partial charge is 0.328 e. The SMILES string of the molecule is [C-]#[N+]c1ccc2ncn(-c3ncc4[nH]c(=O)n(C(C)c5cccnc5)c4n3)c2c1. The fraction of sp³-hybridized carbons (Fsp3) is 0.100. The van der Waals surface area contributed by atoms with E-state index in [9.17, 15) is 4.79 Å². The molecule has 1 aromatic carbocycles. The van der Waals surface area contributed by atoms with Crippen molar-refractivity contribution >= 4 is 27.9 Å². The quantitative estimate of drug-likeness (QED) is 0.484. The highest BCUT2D eigenvalue weighted by Gasteiger charge is 2.18. The third kappa shape index (κ3) is 2.66. The number of nitrogens with one attached hydrogen (secondary N) is 1. The maximum absolute atomic E-state index is 12.6. The minimum Gasteiger partial charge on any atom is -0.303 e. The van der Waals surface area contributed by atoms with E-state index < -0.39 is 0 Å². The van der Waals surface area contributed by atoms with Gasteiger partial charge in [0.15, 0.2) is 11.3 Å². The lowest BCUT2D eigenvalue weighted by Gasteiger charge is -2.13. The number of nitrogens with zero attached hydrogens (tertiary/aromatic N) is 7. The molecular formula is C20H14N8O. The van der Waals surface area contributed by atoms with Crippen LogP contribution in [0.25, 0.3) is 33.0 Å². The van der Waals surface area contributed by atoms with Crippen molar-refractivity contribution < 1.29 is 0 Å². The van der Waals surface area contributed by atoms with E-state index in [2.05, 4.69) is 29.8 Å². The summed E-state index contributed by atoms with van der Waals surface area (Å²) in [6.07, 6.45) is 6.61. The Morgan fingerprint density at radius 3 is 2.90 bits per heavy atom. The second-order valence-corrected chi connectivity index (χ2v) is 6.57. The molecule has 9 heteroatoms. The third-order valence-electron chi connectivity index (χ3n) is 4.87. The Hall–Kier alpha value is -4.32. The van der Waals surface area contributed by atoms with Gasteiger partial charge in [-0.25, -0.2) is 19.6 Å². The van der Waals surface area contributed by atoms with Crippen molar-refractivity contribution in [2.24, 2.45) is 0 Å². The van der Waals surface area contributed by atoms with Crippen molar-refractivity contribution in [3.05, 3.63) is 82.7 Å². The van der Waals surface area contributed by atoms with Gasteiger partial charge in [-0.1, -0.05) is 12.1 Å². The van der Waals surface area contributed by atoms with Crippen LogP contribution < -0.4 is 5.69 Å². The van der Waals surface area contributed by atoms with Crippen LogP contribution in [0.3, 0.4) is 0 Å². The van der Waals surface area contributed by atoms with Gasteiger partial charge in [0.25, 0.3) is 0 Å². The van der Waals surface area contributed by atoms with Crippen LogP contribution in [0.1, 0.15) is 18.5 Å². The van der Waals surface area contributed by atoms with Crippen LogP contribution in [0.5, 0.6) is 0 Å². The number of H-pyrrole nitrogens is 1. The monoisotopic (exact) mass is 382 g/mol. The maximum atomic E-state index is 12.6. The van der Waals surface area contributed by atoms with E-state index in [-0.39, 0.29) is 11.7 Å². The first kappa shape index (κ1) is 16.8. The number of fused-ring (bicyclic) bond motifs is 2. The molecule has 0 amide bonds. The summed E-state index contributed by atoms with van der Waals surface area (Å²) in [5, 5.41) is 0. The Morgan fingerprint density at radius 1 is 1.21 bits per heavy atom. The van der Waals surface area contributed by atoms with Gasteiger partial charge in [-0.2, -0.15) is 4.98 Å². The molecule has 5 aromatic rings. The summed E-state index contributed by atoms with van der Waals surface area (Å²) in [6, 6.07) is 8.73. The molecule has 0 radical (unpaired) electrons. The molecule has 140 valence electrons. The Labute approximate surface area is 164 Å². The lowest BCUT2D eigenvalue weighted by atomic mass is 10.1. The first-order chi connectivity index (χ1) is 14.2. The average molecular weight is 382 g/mol. The molecule has 9 nitrogen and oxygen atoms in total. The van der Waals surface area contributed by atoms with Gasteiger partial charge < -0.3 is 4.98 Å². The molecule has 29 heavy (non-hydrogen) atoms. The first-order valence-electron chi connectivity index (χ1n) is 8.88. The molecule has 0 aliphatic heterocycles. The summed E-state index contributed by atoms with van der Waals surface area (Å²) in [4.78, 5) is 36.4. The van der Waals surface area contributed by atoms with Gasteiger partial charge in [-0.3, -0.25) is 14.1 Å². The van der Waals surface area contributed by atoms with Crippen LogP contribution in [-0.4, -0.2) is 34.1 Å². The molecule has 0 aliphatic carbocycles. The molecule has 5 rings (SSSR count). The van der Waals surface area contributed by atoms with E-state index in [0.29, 0.717) is 22.8 Å². The summed E-state index contributed by atoms with van der Waals surface area (Å²) in [6.45, 7) is 9.15. The molecule has 1 atom stereocenters. The maximum Gasteiger partial charge on any atom is 0.328 e. The number of benzene rings is 1. The van der Waals surface area contributed by atoms with Crippen LogP contribution >= 0.6 is 0 Å². The van der Waals surface area contributed by atoms with E-state index in [1.54, 1.807) is 52.3 Å². The molecule has 0 aliphatic rings. The average Bonchev–Trinajstić information content (AvgIpc) is 3.32. The molecule has 0 saturated carbocycles. The number of aromatic nitrogens is 7. The smallest absolute Gasteiger partial charge is 0.303 e. The lowest BCUT2D eigenvalue weighted by molar-refractivity contribution is 0.627. The zero-order valence-electron chi connectivity index (χ0n) is 15.3. The highest BCUT2D eigenvalue weighted by Crippen LogP contribution is 2.24. The van der Waals surface area contributed by atoms with E-state index >= 15 is 0 Å². The number of rotatable bonds is 3. The third-order valence-corrected chi connectivity index (χ3v) is 4.87. The van der Waals surface area contributed by atoms with Crippen LogP contribution in [-0.2, 0) is 0 Å². The number of imidazole rings is 2. The summed E-state index contributed by atoms with van der Waals surface area (Å²) >= 11 is 0. The van der Waals surface area contributed by atoms with Crippen molar-refractivity contribution in [2.75, 3.05) is 0 Å². The normalized spacial score (nSPS) is 12.3. The Bertz CT molecular complexity index is 1460. The van der Waals surface area contributed by atoms with E-state index in [4.69, 9.17) is 6.57 Å². The molecule has 0 bridgehead atoms. The molecule has 4 aromatic heterocycles. The predicted molar refractivity (Wildman–Crippen MR) is 107 cm³/mol. The molecule has 1 N–H and O–H groups in total. The van der Waals surface area contributed by atoms with Crippen LogP contribution in [0, 0.1) is 6.57 Å². The first-order valence-corrected chi connectivity index (χ1v) is 8.88. The highest BCUT2D eigenvalue weighted by atomic mass is 16.1.